The zero-order valence-electron chi connectivity index (χ0n) is 15.7. The van der Waals surface area contributed by atoms with Crippen LogP contribution in [0.15, 0.2) is 59.5 Å². The highest BCUT2D eigenvalue weighted by atomic mass is 32.2. The smallest absolute Gasteiger partial charge is 0.253 e. The van der Waals surface area contributed by atoms with Gasteiger partial charge in [0.25, 0.3) is 5.91 Å². The number of thioether (sulfide) groups is 1. The second-order valence-electron chi connectivity index (χ2n) is 7.32. The molecule has 0 radical (unpaired) electrons. The molecule has 2 aromatic rings. The Morgan fingerprint density at radius 3 is 2.46 bits per heavy atom. The minimum atomic E-state index is -3.19. The highest BCUT2D eigenvalue weighted by molar-refractivity contribution is 7.99. The molecular formula is C21H24N2O3S2. The largest absolute Gasteiger partial charge is 0.338 e. The molecule has 0 saturated carbocycles. The molecule has 7 heteroatoms. The molecule has 1 atom stereocenters. The van der Waals surface area contributed by atoms with Gasteiger partial charge >= 0.3 is 0 Å². The van der Waals surface area contributed by atoms with Crippen LogP contribution in [-0.2, 0) is 10.0 Å². The summed E-state index contributed by atoms with van der Waals surface area (Å²) in [6.45, 7) is 2.07. The molecule has 0 aliphatic carbocycles. The average molecular weight is 417 g/mol. The third-order valence-electron chi connectivity index (χ3n) is 5.30. The standard InChI is InChI=1S/C21H24N2O3S2/c24-21(18-7-9-19(10-8-18)23-12-4-14-28(23,25)26)22-13-11-17(15-22)16-27-20-5-2-1-3-6-20/h1-3,5-10,17H,4,11-16H2. The molecule has 2 aliphatic rings. The van der Waals surface area contributed by atoms with Crippen molar-refractivity contribution in [2.24, 2.45) is 5.92 Å². The fourth-order valence-corrected chi connectivity index (χ4v) is 6.38. The Morgan fingerprint density at radius 1 is 1.04 bits per heavy atom. The first-order valence-electron chi connectivity index (χ1n) is 9.60. The number of rotatable bonds is 5. The van der Waals surface area contributed by atoms with Gasteiger partial charge in [0.05, 0.1) is 11.4 Å². The molecule has 2 saturated heterocycles. The summed E-state index contributed by atoms with van der Waals surface area (Å²) in [5.74, 6) is 1.75. The van der Waals surface area contributed by atoms with Crippen LogP contribution >= 0.6 is 11.8 Å². The summed E-state index contributed by atoms with van der Waals surface area (Å²) in [6.07, 6.45) is 1.68. The van der Waals surface area contributed by atoms with Crippen molar-refractivity contribution in [2.75, 3.05) is 35.4 Å². The maximum atomic E-state index is 12.8. The Hall–Kier alpha value is -1.99. The molecule has 2 aromatic carbocycles. The second-order valence-corrected chi connectivity index (χ2v) is 10.4. The van der Waals surface area contributed by atoms with E-state index in [-0.39, 0.29) is 11.7 Å². The Bertz CT molecular complexity index is 930. The molecule has 0 aromatic heterocycles. The summed E-state index contributed by atoms with van der Waals surface area (Å²) < 4.78 is 25.5. The quantitative estimate of drug-likeness (QED) is 0.700. The van der Waals surface area contributed by atoms with Crippen molar-refractivity contribution in [3.63, 3.8) is 0 Å². The summed E-state index contributed by atoms with van der Waals surface area (Å²) in [7, 11) is -3.19. The van der Waals surface area contributed by atoms with E-state index in [9.17, 15) is 13.2 Å². The van der Waals surface area contributed by atoms with E-state index in [0.717, 1.165) is 25.3 Å². The van der Waals surface area contributed by atoms with Crippen molar-refractivity contribution in [3.8, 4) is 0 Å². The lowest BCUT2D eigenvalue weighted by Crippen LogP contribution is -2.29. The van der Waals surface area contributed by atoms with Crippen LogP contribution in [0.25, 0.3) is 0 Å². The molecule has 148 valence electrons. The van der Waals surface area contributed by atoms with Crippen molar-refractivity contribution < 1.29 is 13.2 Å². The molecule has 2 heterocycles. The summed E-state index contributed by atoms with van der Waals surface area (Å²) >= 11 is 1.84. The Balaban J connectivity index is 1.34. The van der Waals surface area contributed by atoms with Crippen molar-refractivity contribution in [1.82, 2.24) is 4.90 Å². The van der Waals surface area contributed by atoms with Crippen LogP contribution in [0, 0.1) is 5.92 Å². The van der Waals surface area contributed by atoms with Crippen LogP contribution in [0.4, 0.5) is 5.69 Å². The molecule has 2 fully saturated rings. The first-order valence-corrected chi connectivity index (χ1v) is 12.2. The lowest BCUT2D eigenvalue weighted by Gasteiger charge is -2.19. The van der Waals surface area contributed by atoms with Gasteiger partial charge in [-0.3, -0.25) is 9.10 Å². The van der Waals surface area contributed by atoms with E-state index < -0.39 is 10.0 Å². The summed E-state index contributed by atoms with van der Waals surface area (Å²) in [6, 6.07) is 17.3. The van der Waals surface area contributed by atoms with Crippen LogP contribution in [0.3, 0.4) is 0 Å². The zero-order chi connectivity index (χ0) is 19.6. The van der Waals surface area contributed by atoms with Gasteiger partial charge in [-0.05, 0) is 55.2 Å². The minimum Gasteiger partial charge on any atom is -0.338 e. The van der Waals surface area contributed by atoms with E-state index >= 15 is 0 Å². The molecular weight excluding hydrogens is 392 g/mol. The SMILES string of the molecule is O=C(c1ccc(N2CCCS2(=O)=O)cc1)N1CCC(CSc2ccccc2)C1. The van der Waals surface area contributed by atoms with Crippen molar-refractivity contribution >= 4 is 33.4 Å². The number of carbonyl (C=O) groups is 1. The van der Waals surface area contributed by atoms with Gasteiger partial charge in [-0.1, -0.05) is 18.2 Å². The molecule has 2 aliphatic heterocycles. The zero-order valence-corrected chi connectivity index (χ0v) is 17.3. The Morgan fingerprint density at radius 2 is 1.79 bits per heavy atom. The number of nitrogens with zero attached hydrogens (tertiary/aromatic N) is 2. The van der Waals surface area contributed by atoms with E-state index in [4.69, 9.17) is 0 Å². The number of benzene rings is 2. The van der Waals surface area contributed by atoms with Gasteiger partial charge in [0.1, 0.15) is 0 Å². The highest BCUT2D eigenvalue weighted by Gasteiger charge is 2.29. The summed E-state index contributed by atoms with van der Waals surface area (Å²) in [5.41, 5.74) is 1.27. The van der Waals surface area contributed by atoms with Gasteiger partial charge in [-0.25, -0.2) is 8.42 Å². The third-order valence-corrected chi connectivity index (χ3v) is 8.42. The van der Waals surface area contributed by atoms with Crippen LogP contribution in [-0.4, -0.2) is 50.4 Å². The Kier molecular flexibility index (Phi) is 5.64. The van der Waals surface area contributed by atoms with Crippen LogP contribution in [0.2, 0.25) is 0 Å². The van der Waals surface area contributed by atoms with Gasteiger partial charge in [0.15, 0.2) is 0 Å². The highest BCUT2D eigenvalue weighted by Crippen LogP contribution is 2.28. The van der Waals surface area contributed by atoms with Gasteiger partial charge in [0.2, 0.25) is 10.0 Å². The molecule has 4 rings (SSSR count). The van der Waals surface area contributed by atoms with E-state index in [1.54, 1.807) is 24.3 Å². The van der Waals surface area contributed by atoms with Gasteiger partial charge in [-0.2, -0.15) is 0 Å². The minimum absolute atomic E-state index is 0.0306. The number of anilines is 1. The topological polar surface area (TPSA) is 57.7 Å². The number of sulfonamides is 1. The number of hydrogen-bond donors (Lipinski definition) is 0. The van der Waals surface area contributed by atoms with Crippen LogP contribution in [0.5, 0.6) is 0 Å². The van der Waals surface area contributed by atoms with Gasteiger partial charge in [0, 0.05) is 35.8 Å². The second kappa shape index (κ2) is 8.17. The summed E-state index contributed by atoms with van der Waals surface area (Å²) in [4.78, 5) is 16.0. The maximum absolute atomic E-state index is 12.8. The number of likely N-dealkylation sites (tertiary alicyclic amines) is 1. The first-order chi connectivity index (χ1) is 13.5. The van der Waals surface area contributed by atoms with Crippen LogP contribution < -0.4 is 4.31 Å². The summed E-state index contributed by atoms with van der Waals surface area (Å²) in [5, 5.41) is 0. The molecule has 0 spiro atoms. The van der Waals surface area contributed by atoms with Crippen LogP contribution in [0.1, 0.15) is 23.2 Å². The monoisotopic (exact) mass is 416 g/mol. The lowest BCUT2D eigenvalue weighted by molar-refractivity contribution is 0.0788. The molecule has 0 bridgehead atoms. The van der Waals surface area contributed by atoms with E-state index in [1.165, 1.54) is 9.20 Å². The molecule has 0 N–H and O–H groups in total. The third kappa shape index (κ3) is 4.20. The molecule has 1 unspecified atom stereocenters. The molecule has 28 heavy (non-hydrogen) atoms. The number of carbonyl (C=O) groups excluding carboxylic acids is 1. The number of amides is 1. The van der Waals surface area contributed by atoms with E-state index in [2.05, 4.69) is 12.1 Å². The maximum Gasteiger partial charge on any atom is 0.253 e. The Labute approximate surface area is 170 Å². The number of hydrogen-bond acceptors (Lipinski definition) is 4. The fraction of sp³-hybridized carbons (Fsp3) is 0.381. The predicted octanol–water partition coefficient (Wildman–Crippen LogP) is 3.48. The fourth-order valence-electron chi connectivity index (χ4n) is 3.77. The van der Waals surface area contributed by atoms with Gasteiger partial charge < -0.3 is 4.90 Å². The van der Waals surface area contributed by atoms with Gasteiger partial charge in [-0.15, -0.1) is 11.8 Å². The molecule has 1 amide bonds. The predicted molar refractivity (Wildman–Crippen MR) is 113 cm³/mol. The van der Waals surface area contributed by atoms with E-state index in [0.29, 0.717) is 30.1 Å². The van der Waals surface area contributed by atoms with Crippen molar-refractivity contribution in [1.29, 1.82) is 0 Å². The van der Waals surface area contributed by atoms with Crippen molar-refractivity contribution in [3.05, 3.63) is 60.2 Å². The first kappa shape index (κ1) is 19.3. The normalized spacial score (nSPS) is 21.2. The lowest BCUT2D eigenvalue weighted by atomic mass is 10.1. The van der Waals surface area contributed by atoms with Crippen molar-refractivity contribution in [2.45, 2.75) is 17.7 Å². The average Bonchev–Trinajstić information content (AvgIpc) is 3.33. The molecule has 5 nitrogen and oxygen atoms in total. The van der Waals surface area contributed by atoms with E-state index in [1.807, 2.05) is 34.9 Å².